The van der Waals surface area contributed by atoms with Gasteiger partial charge in [-0.3, -0.25) is 9.79 Å². The van der Waals surface area contributed by atoms with Crippen LogP contribution in [-0.2, 0) is 10.2 Å². The first-order valence-corrected chi connectivity index (χ1v) is 9.44. The van der Waals surface area contributed by atoms with Gasteiger partial charge in [0.1, 0.15) is 5.82 Å². The van der Waals surface area contributed by atoms with Gasteiger partial charge in [0.05, 0.1) is 6.54 Å². The first-order valence-electron chi connectivity index (χ1n) is 9.44. The van der Waals surface area contributed by atoms with Crippen LogP contribution in [0.5, 0.6) is 0 Å². The molecule has 1 aromatic rings. The van der Waals surface area contributed by atoms with Crippen LogP contribution in [0.2, 0.25) is 0 Å². The van der Waals surface area contributed by atoms with Crippen LogP contribution in [0.3, 0.4) is 0 Å². The van der Waals surface area contributed by atoms with Gasteiger partial charge in [-0.2, -0.15) is 0 Å². The minimum Gasteiger partial charge on any atom is -0.357 e. The molecule has 1 aliphatic heterocycles. The van der Waals surface area contributed by atoms with Crippen LogP contribution >= 0.6 is 24.0 Å². The molecule has 1 amide bonds. The molecule has 152 valence electrons. The minimum atomic E-state index is -0.273. The van der Waals surface area contributed by atoms with Crippen LogP contribution in [0.4, 0.5) is 4.39 Å². The summed E-state index contributed by atoms with van der Waals surface area (Å²) in [5.41, 5.74) is 0.655. The standard InChI is InChI=1S/C20H31FN4O.HI/c1-5-18(26)25-11-10-17(13-25)24-19(22-6-2)23-14-20(3,4)15-8-7-9-16(21)12-15;/h7-9,12,17H,5-6,10-11,13-14H2,1-4H3,(H2,22,23,24);1H. The largest absolute Gasteiger partial charge is 0.357 e. The highest BCUT2D eigenvalue weighted by Gasteiger charge is 2.26. The van der Waals surface area contributed by atoms with Crippen LogP contribution in [0.15, 0.2) is 29.3 Å². The van der Waals surface area contributed by atoms with Crippen molar-refractivity contribution in [1.82, 2.24) is 15.5 Å². The molecule has 1 atom stereocenters. The fraction of sp³-hybridized carbons (Fsp3) is 0.600. The van der Waals surface area contributed by atoms with Crippen molar-refractivity contribution in [3.63, 3.8) is 0 Å². The summed E-state index contributed by atoms with van der Waals surface area (Å²) in [5, 5.41) is 6.70. The van der Waals surface area contributed by atoms with Gasteiger partial charge in [-0.15, -0.1) is 24.0 Å². The number of nitrogens with one attached hydrogen (secondary N) is 2. The van der Waals surface area contributed by atoms with Gasteiger partial charge in [-0.05, 0) is 31.0 Å². The van der Waals surface area contributed by atoms with E-state index in [-0.39, 0.29) is 47.2 Å². The number of benzene rings is 1. The Morgan fingerprint density at radius 1 is 1.37 bits per heavy atom. The second-order valence-corrected chi connectivity index (χ2v) is 7.41. The maximum atomic E-state index is 13.5. The average Bonchev–Trinajstić information content (AvgIpc) is 3.08. The van der Waals surface area contributed by atoms with E-state index in [0.29, 0.717) is 19.5 Å². The number of amides is 1. The molecule has 0 radical (unpaired) electrons. The highest BCUT2D eigenvalue weighted by molar-refractivity contribution is 14.0. The summed E-state index contributed by atoms with van der Waals surface area (Å²) in [4.78, 5) is 18.4. The van der Waals surface area contributed by atoms with Crippen LogP contribution in [0, 0.1) is 5.82 Å². The summed E-state index contributed by atoms with van der Waals surface area (Å²) >= 11 is 0. The molecule has 0 aromatic heterocycles. The Kier molecular flexibility index (Phi) is 9.49. The normalized spacial score (nSPS) is 17.4. The third kappa shape index (κ3) is 6.93. The van der Waals surface area contributed by atoms with Gasteiger partial charge in [0.15, 0.2) is 5.96 Å². The fourth-order valence-corrected chi connectivity index (χ4v) is 3.12. The summed E-state index contributed by atoms with van der Waals surface area (Å²) in [5.74, 6) is 0.715. The van der Waals surface area contributed by atoms with Crippen molar-refractivity contribution in [2.24, 2.45) is 4.99 Å². The molecular formula is C20H32FIN4O. The Bertz CT molecular complexity index is 651. The maximum Gasteiger partial charge on any atom is 0.222 e. The smallest absolute Gasteiger partial charge is 0.222 e. The van der Waals surface area contributed by atoms with Gasteiger partial charge in [0, 0.05) is 37.5 Å². The van der Waals surface area contributed by atoms with E-state index in [1.807, 2.05) is 24.8 Å². The number of carbonyl (C=O) groups excluding carboxylic acids is 1. The SMILES string of the molecule is CCNC(=NCC(C)(C)c1cccc(F)c1)NC1CCN(C(=O)CC)C1.I. The van der Waals surface area contributed by atoms with Gasteiger partial charge in [-0.1, -0.05) is 32.9 Å². The zero-order valence-electron chi connectivity index (χ0n) is 16.7. The zero-order chi connectivity index (χ0) is 19.2. The summed E-state index contributed by atoms with van der Waals surface area (Å²) in [6.07, 6.45) is 1.46. The first-order chi connectivity index (χ1) is 12.4. The average molecular weight is 490 g/mol. The van der Waals surface area contributed by atoms with Crippen molar-refractivity contribution >= 4 is 35.8 Å². The molecule has 27 heavy (non-hydrogen) atoms. The number of guanidine groups is 1. The van der Waals surface area contributed by atoms with E-state index in [1.165, 1.54) is 6.07 Å². The van der Waals surface area contributed by atoms with E-state index in [0.717, 1.165) is 31.0 Å². The molecule has 7 heteroatoms. The molecule has 1 aromatic carbocycles. The van der Waals surface area contributed by atoms with Crippen LogP contribution in [0.25, 0.3) is 0 Å². The number of nitrogens with zero attached hydrogens (tertiary/aromatic N) is 2. The number of hydrogen-bond acceptors (Lipinski definition) is 2. The third-order valence-corrected chi connectivity index (χ3v) is 4.77. The van der Waals surface area contributed by atoms with E-state index < -0.39 is 0 Å². The van der Waals surface area contributed by atoms with E-state index in [9.17, 15) is 9.18 Å². The zero-order valence-corrected chi connectivity index (χ0v) is 19.0. The summed E-state index contributed by atoms with van der Waals surface area (Å²) in [7, 11) is 0. The fourth-order valence-electron chi connectivity index (χ4n) is 3.12. The predicted molar refractivity (Wildman–Crippen MR) is 119 cm³/mol. The topological polar surface area (TPSA) is 56.7 Å². The Morgan fingerprint density at radius 2 is 2.11 bits per heavy atom. The molecule has 1 aliphatic rings. The van der Waals surface area contributed by atoms with Crippen molar-refractivity contribution in [2.45, 2.75) is 52.0 Å². The van der Waals surface area contributed by atoms with Crippen molar-refractivity contribution in [3.05, 3.63) is 35.6 Å². The molecule has 2 N–H and O–H groups in total. The third-order valence-electron chi connectivity index (χ3n) is 4.77. The van der Waals surface area contributed by atoms with Gasteiger partial charge < -0.3 is 15.5 Å². The molecular weight excluding hydrogens is 458 g/mol. The number of hydrogen-bond donors (Lipinski definition) is 2. The number of halogens is 2. The lowest BCUT2D eigenvalue weighted by atomic mass is 9.85. The lowest BCUT2D eigenvalue weighted by molar-refractivity contribution is -0.129. The van der Waals surface area contributed by atoms with Gasteiger partial charge >= 0.3 is 0 Å². The summed E-state index contributed by atoms with van der Waals surface area (Å²) in [6, 6.07) is 6.90. The number of aliphatic imine (C=N–C) groups is 1. The number of likely N-dealkylation sites (tertiary alicyclic amines) is 1. The minimum absolute atomic E-state index is 0. The van der Waals surface area contributed by atoms with Crippen molar-refractivity contribution in [1.29, 1.82) is 0 Å². The predicted octanol–water partition coefficient (Wildman–Crippen LogP) is 3.29. The molecule has 5 nitrogen and oxygen atoms in total. The van der Waals surface area contributed by atoms with E-state index in [4.69, 9.17) is 4.99 Å². The Morgan fingerprint density at radius 3 is 2.74 bits per heavy atom. The Labute approximate surface area is 179 Å². The molecule has 1 unspecified atom stereocenters. The van der Waals surface area contributed by atoms with Crippen molar-refractivity contribution < 1.29 is 9.18 Å². The van der Waals surface area contributed by atoms with Gasteiger partial charge in [-0.25, -0.2) is 4.39 Å². The quantitative estimate of drug-likeness (QED) is 0.366. The monoisotopic (exact) mass is 490 g/mol. The van der Waals surface area contributed by atoms with E-state index in [1.54, 1.807) is 12.1 Å². The molecule has 0 bridgehead atoms. The summed E-state index contributed by atoms with van der Waals surface area (Å²) in [6.45, 7) is 10.8. The molecule has 1 fully saturated rings. The summed E-state index contributed by atoms with van der Waals surface area (Å²) < 4.78 is 13.5. The lowest BCUT2D eigenvalue weighted by Gasteiger charge is -2.25. The Hall–Kier alpha value is -1.38. The molecule has 1 saturated heterocycles. The lowest BCUT2D eigenvalue weighted by Crippen LogP contribution is -2.45. The molecule has 0 spiro atoms. The molecule has 2 rings (SSSR count). The molecule has 1 heterocycles. The van der Waals surface area contributed by atoms with Crippen LogP contribution in [0.1, 0.15) is 46.1 Å². The second-order valence-electron chi connectivity index (χ2n) is 7.41. The highest BCUT2D eigenvalue weighted by atomic mass is 127. The van der Waals surface area contributed by atoms with Gasteiger partial charge in [0.2, 0.25) is 5.91 Å². The van der Waals surface area contributed by atoms with Gasteiger partial charge in [0.25, 0.3) is 0 Å². The maximum absolute atomic E-state index is 13.5. The number of rotatable bonds is 6. The van der Waals surface area contributed by atoms with Crippen molar-refractivity contribution in [2.75, 3.05) is 26.2 Å². The Balaban J connectivity index is 0.00000364. The van der Waals surface area contributed by atoms with E-state index >= 15 is 0 Å². The first kappa shape index (κ1) is 23.7. The van der Waals surface area contributed by atoms with Crippen LogP contribution < -0.4 is 10.6 Å². The second kappa shape index (κ2) is 10.8. The molecule has 0 saturated carbocycles. The molecule has 0 aliphatic carbocycles. The highest BCUT2D eigenvalue weighted by Crippen LogP contribution is 2.24. The van der Waals surface area contributed by atoms with E-state index in [2.05, 4.69) is 24.5 Å². The van der Waals surface area contributed by atoms with Crippen LogP contribution in [-0.4, -0.2) is 49.0 Å². The number of carbonyl (C=O) groups is 1. The van der Waals surface area contributed by atoms with Crippen molar-refractivity contribution in [3.8, 4) is 0 Å².